The minimum Gasteiger partial charge on any atom is -0.497 e. The lowest BCUT2D eigenvalue weighted by atomic mass is 9.84. The molecule has 0 N–H and O–H groups in total. The Kier molecular flexibility index (Phi) is 13.8. The van der Waals surface area contributed by atoms with Gasteiger partial charge in [0.1, 0.15) is 5.75 Å². The Hall–Kier alpha value is -1.87. The zero-order chi connectivity index (χ0) is 27.5. The van der Waals surface area contributed by atoms with Gasteiger partial charge in [0.15, 0.2) is 0 Å². The number of rotatable bonds is 16. The van der Waals surface area contributed by atoms with E-state index in [2.05, 4.69) is 91.9 Å². The fourth-order valence-electron chi connectivity index (χ4n) is 5.88. The van der Waals surface area contributed by atoms with Crippen LogP contribution in [0.5, 0.6) is 5.75 Å². The summed E-state index contributed by atoms with van der Waals surface area (Å²) in [7, 11) is -0.479. The molecule has 1 rings (SSSR count). The third kappa shape index (κ3) is 8.33. The summed E-state index contributed by atoms with van der Waals surface area (Å²) in [6, 6.07) is 8.04. The highest BCUT2D eigenvalue weighted by atomic mass is 28.4. The molecule has 0 unspecified atom stereocenters. The quantitative estimate of drug-likeness (QED) is 0.126. The molecule has 36 heavy (non-hydrogen) atoms. The second-order valence-corrected chi connectivity index (χ2v) is 16.6. The molecular formula is C31H51NO3Si. The van der Waals surface area contributed by atoms with Crippen molar-refractivity contribution < 1.29 is 13.9 Å². The summed E-state index contributed by atoms with van der Waals surface area (Å²) in [5, 5.41) is 0. The van der Waals surface area contributed by atoms with Gasteiger partial charge in [-0.25, -0.2) is 6.57 Å². The number of nitrogens with zero attached hydrogens (tertiary/aromatic N) is 1. The van der Waals surface area contributed by atoms with Gasteiger partial charge in [0.2, 0.25) is 14.9 Å². The molecule has 0 aliphatic rings. The van der Waals surface area contributed by atoms with Crippen LogP contribution in [0, 0.1) is 24.3 Å². The van der Waals surface area contributed by atoms with Gasteiger partial charge < -0.3 is 18.7 Å². The molecule has 1 aromatic rings. The van der Waals surface area contributed by atoms with E-state index in [1.54, 1.807) is 7.11 Å². The number of ether oxygens (including phenoxy) is 2. The number of hydrogen-bond donors (Lipinski definition) is 0. The topological polar surface area (TPSA) is 32.0 Å². The van der Waals surface area contributed by atoms with Crippen molar-refractivity contribution in [1.29, 1.82) is 0 Å². The molecule has 0 heterocycles. The first-order valence-electron chi connectivity index (χ1n) is 13.5. The highest BCUT2D eigenvalue weighted by Crippen LogP contribution is 2.45. The molecule has 5 heteroatoms. The first-order chi connectivity index (χ1) is 17.0. The van der Waals surface area contributed by atoms with Crippen LogP contribution in [0.15, 0.2) is 49.1 Å². The molecule has 0 spiro atoms. The van der Waals surface area contributed by atoms with Gasteiger partial charge in [0, 0.05) is 11.8 Å². The predicted molar refractivity (Wildman–Crippen MR) is 156 cm³/mol. The van der Waals surface area contributed by atoms with Gasteiger partial charge in [0.25, 0.3) is 0 Å². The second-order valence-electron chi connectivity index (χ2n) is 11.2. The first-order valence-corrected chi connectivity index (χ1v) is 15.6. The van der Waals surface area contributed by atoms with Gasteiger partial charge in [-0.1, -0.05) is 99.3 Å². The van der Waals surface area contributed by atoms with Gasteiger partial charge in [-0.2, -0.15) is 0 Å². The van der Waals surface area contributed by atoms with Crippen molar-refractivity contribution in [1.82, 2.24) is 0 Å². The molecule has 0 aliphatic heterocycles. The highest BCUT2D eigenvalue weighted by Gasteiger charge is 2.49. The fourth-order valence-corrected chi connectivity index (χ4v) is 11.6. The molecular weight excluding hydrogens is 462 g/mol. The summed E-state index contributed by atoms with van der Waals surface area (Å²) in [6.45, 7) is 32.9. The Balaban J connectivity index is 3.41. The van der Waals surface area contributed by atoms with E-state index in [4.69, 9.17) is 20.5 Å². The lowest BCUT2D eigenvalue weighted by Crippen LogP contribution is -2.54. The van der Waals surface area contributed by atoms with E-state index >= 15 is 0 Å². The number of benzene rings is 1. The zero-order valence-electron chi connectivity index (χ0n) is 24.5. The van der Waals surface area contributed by atoms with E-state index in [0.29, 0.717) is 29.8 Å². The molecule has 0 aromatic heterocycles. The normalized spacial score (nSPS) is 16.7. The smallest absolute Gasteiger partial charge is 0.219 e. The summed E-state index contributed by atoms with van der Waals surface area (Å²) in [5.74, 6) is 1.22. The zero-order valence-corrected chi connectivity index (χ0v) is 25.5. The molecule has 5 atom stereocenters. The highest BCUT2D eigenvalue weighted by molar-refractivity contribution is 6.77. The largest absolute Gasteiger partial charge is 0.497 e. The average Bonchev–Trinajstić information content (AvgIpc) is 2.83. The van der Waals surface area contributed by atoms with Gasteiger partial charge in [-0.15, -0.1) is 0 Å². The maximum atomic E-state index is 7.58. The SMILES string of the molecule is [C-]#[N+]C[C@H](C)[C@@H](O[Si](C(C)C)(C(C)C)C(C)C)[C@H](C)[C@@H](OCc1ccc(OC)cc1)[C@@H](C)/C=C\C=C. The predicted octanol–water partition coefficient (Wildman–Crippen LogP) is 8.71. The van der Waals surface area contributed by atoms with Crippen LogP contribution < -0.4 is 4.74 Å². The fraction of sp³-hybridized carbons (Fsp3) is 0.645. The number of methoxy groups -OCH3 is 1. The van der Waals surface area contributed by atoms with Gasteiger partial charge in [0.05, 0.1) is 31.8 Å². The third-order valence-electron chi connectivity index (χ3n) is 7.69. The minimum absolute atomic E-state index is 0.0570. The van der Waals surface area contributed by atoms with Gasteiger partial charge in [-0.05, 0) is 34.3 Å². The molecule has 0 radical (unpaired) electrons. The molecule has 4 nitrogen and oxygen atoms in total. The van der Waals surface area contributed by atoms with Gasteiger partial charge >= 0.3 is 0 Å². The Bertz CT molecular complexity index is 819. The molecule has 0 saturated carbocycles. The van der Waals surface area contributed by atoms with Crippen LogP contribution in [0.3, 0.4) is 0 Å². The molecule has 1 aromatic carbocycles. The lowest BCUT2D eigenvalue weighted by molar-refractivity contribution is -0.0637. The minimum atomic E-state index is -2.16. The Labute approximate surface area is 223 Å². The van der Waals surface area contributed by atoms with E-state index < -0.39 is 8.32 Å². The van der Waals surface area contributed by atoms with E-state index in [-0.39, 0.29) is 30.0 Å². The van der Waals surface area contributed by atoms with Crippen molar-refractivity contribution in [2.45, 2.75) is 97.8 Å². The summed E-state index contributed by atoms with van der Waals surface area (Å²) >= 11 is 0. The van der Waals surface area contributed by atoms with Crippen LogP contribution in [0.4, 0.5) is 0 Å². The van der Waals surface area contributed by atoms with Crippen LogP contribution in [0.25, 0.3) is 4.85 Å². The summed E-state index contributed by atoms with van der Waals surface area (Å²) in [6.07, 6.45) is 5.84. The van der Waals surface area contributed by atoms with Crippen molar-refractivity contribution in [3.8, 4) is 5.75 Å². The molecule has 0 fully saturated rings. The van der Waals surface area contributed by atoms with Crippen molar-refractivity contribution in [2.75, 3.05) is 13.7 Å². The Morgan fingerprint density at radius 1 is 0.917 bits per heavy atom. The van der Waals surface area contributed by atoms with E-state index in [1.165, 1.54) is 0 Å². The molecule has 0 aliphatic carbocycles. The van der Waals surface area contributed by atoms with E-state index in [1.807, 2.05) is 24.3 Å². The van der Waals surface area contributed by atoms with Crippen molar-refractivity contribution in [3.05, 3.63) is 66.1 Å². The maximum Gasteiger partial charge on any atom is 0.219 e. The lowest BCUT2D eigenvalue weighted by Gasteiger charge is -2.48. The molecule has 0 bridgehead atoms. The summed E-state index contributed by atoms with van der Waals surface area (Å²) in [5.41, 5.74) is 2.53. The Morgan fingerprint density at radius 2 is 1.47 bits per heavy atom. The summed E-state index contributed by atoms with van der Waals surface area (Å²) in [4.78, 5) is 3.77. The molecule has 0 amide bonds. The van der Waals surface area contributed by atoms with Crippen LogP contribution in [-0.2, 0) is 15.8 Å². The van der Waals surface area contributed by atoms with E-state index in [0.717, 1.165) is 11.3 Å². The standard InChI is InChI=1S/C31H51NO3Si/c1-13-14-15-25(8)30(34-21-28-16-18-29(33-12)19-17-28)27(10)31(26(9)20-32-11)35-36(22(2)3,23(4)5)24(6)7/h13-19,22-27,30-31H,1,20-21H2,2-10,12H3/b15-14-/t25-,26-,27+,30-,31+/m0/s1. The number of hydrogen-bond acceptors (Lipinski definition) is 3. The number of allylic oxidation sites excluding steroid dienone is 2. The van der Waals surface area contributed by atoms with Crippen LogP contribution in [0.2, 0.25) is 16.6 Å². The average molecular weight is 514 g/mol. The Morgan fingerprint density at radius 3 is 1.92 bits per heavy atom. The van der Waals surface area contributed by atoms with Crippen molar-refractivity contribution >= 4 is 8.32 Å². The van der Waals surface area contributed by atoms with Crippen LogP contribution in [-0.4, -0.2) is 34.2 Å². The second kappa shape index (κ2) is 15.4. The van der Waals surface area contributed by atoms with E-state index in [9.17, 15) is 0 Å². The molecule has 202 valence electrons. The van der Waals surface area contributed by atoms with Crippen molar-refractivity contribution in [3.63, 3.8) is 0 Å². The third-order valence-corrected chi connectivity index (χ3v) is 13.8. The van der Waals surface area contributed by atoms with Crippen LogP contribution in [0.1, 0.15) is 67.9 Å². The summed E-state index contributed by atoms with van der Waals surface area (Å²) < 4.78 is 19.3. The monoisotopic (exact) mass is 513 g/mol. The first kappa shape index (κ1) is 32.2. The van der Waals surface area contributed by atoms with Gasteiger partial charge in [-0.3, -0.25) is 0 Å². The maximum absolute atomic E-state index is 7.58. The molecule has 0 saturated heterocycles. The van der Waals surface area contributed by atoms with Crippen molar-refractivity contribution in [2.24, 2.45) is 17.8 Å². The van der Waals surface area contributed by atoms with Crippen LogP contribution >= 0.6 is 0 Å².